The number of aromatic nitrogens is 2. The minimum Gasteiger partial charge on any atom is -0.491 e. The van der Waals surface area contributed by atoms with Gasteiger partial charge in [0.15, 0.2) is 0 Å². The molecule has 1 saturated heterocycles. The van der Waals surface area contributed by atoms with Crippen molar-refractivity contribution >= 4 is 6.16 Å². The maximum absolute atomic E-state index is 11.6. The maximum Gasteiger partial charge on any atom is 0.508 e. The van der Waals surface area contributed by atoms with E-state index in [9.17, 15) is 20.1 Å². The van der Waals surface area contributed by atoms with Crippen LogP contribution in [0.4, 0.5) is 4.79 Å². The van der Waals surface area contributed by atoms with Crippen LogP contribution in [0.25, 0.3) is 0 Å². The van der Waals surface area contributed by atoms with Crippen LogP contribution in [0.15, 0.2) is 24.3 Å². The summed E-state index contributed by atoms with van der Waals surface area (Å²) in [5.74, 6) is 0.767. The van der Waals surface area contributed by atoms with E-state index in [1.807, 2.05) is 32.9 Å². The average molecular weight is 524 g/mol. The van der Waals surface area contributed by atoms with Gasteiger partial charge in [0.05, 0.1) is 14.1 Å². The third kappa shape index (κ3) is 7.13. The lowest BCUT2D eigenvalue weighted by atomic mass is 9.99. The fourth-order valence-electron chi connectivity index (χ4n) is 4.01. The molecule has 2 heterocycles. The van der Waals surface area contributed by atoms with Crippen LogP contribution < -0.4 is 9.47 Å². The van der Waals surface area contributed by atoms with Gasteiger partial charge in [0.2, 0.25) is 12.2 Å². The summed E-state index contributed by atoms with van der Waals surface area (Å²) in [7, 11) is 0. The second-order valence-electron chi connectivity index (χ2n) is 9.37. The molecular formula is C26H38N2O9. The molecule has 11 nitrogen and oxygen atoms in total. The molecule has 3 rings (SSSR count). The van der Waals surface area contributed by atoms with E-state index in [1.54, 1.807) is 37.6 Å². The first-order chi connectivity index (χ1) is 17.8. The van der Waals surface area contributed by atoms with Gasteiger partial charge >= 0.3 is 6.16 Å². The van der Waals surface area contributed by atoms with Crippen molar-refractivity contribution < 1.29 is 45.2 Å². The van der Waals surface area contributed by atoms with Gasteiger partial charge in [-0.15, -0.1) is 5.10 Å². The Hall–Kier alpha value is -2.86. The van der Waals surface area contributed by atoms with Crippen LogP contribution in [0, 0.1) is 6.92 Å². The number of hydrogen-bond acceptors (Lipinski definition) is 10. The van der Waals surface area contributed by atoms with E-state index in [-0.39, 0.29) is 18.5 Å². The summed E-state index contributed by atoms with van der Waals surface area (Å²) in [6, 6.07) is 7.34. The number of carbonyl (C=O) groups is 1. The number of rotatable bonds is 10. The van der Waals surface area contributed by atoms with Gasteiger partial charge in [-0.1, -0.05) is 12.1 Å². The van der Waals surface area contributed by atoms with E-state index in [4.69, 9.17) is 25.1 Å². The van der Waals surface area contributed by atoms with E-state index in [0.717, 1.165) is 16.8 Å². The van der Waals surface area contributed by atoms with Crippen LogP contribution >= 0.6 is 0 Å². The van der Waals surface area contributed by atoms with E-state index in [2.05, 4.69) is 5.10 Å². The molecule has 1 aliphatic heterocycles. The Morgan fingerprint density at radius 1 is 1.11 bits per heavy atom. The molecule has 0 aliphatic carbocycles. The quantitative estimate of drug-likeness (QED) is 0.398. The van der Waals surface area contributed by atoms with Crippen molar-refractivity contribution in [3.63, 3.8) is 0 Å². The lowest BCUT2D eigenvalue weighted by Crippen LogP contribution is -2.60. The molecule has 0 bridgehead atoms. The lowest BCUT2D eigenvalue weighted by Gasteiger charge is -2.39. The van der Waals surface area contributed by atoms with Crippen LogP contribution in [-0.2, 0) is 20.6 Å². The fraction of sp³-hybridized carbons (Fsp3) is 0.615. The Morgan fingerprint density at radius 3 is 2.38 bits per heavy atom. The van der Waals surface area contributed by atoms with Crippen molar-refractivity contribution in [3.8, 4) is 11.6 Å². The number of carbonyl (C=O) groups excluding carboxylic acids is 1. The van der Waals surface area contributed by atoms with Crippen molar-refractivity contribution in [3.05, 3.63) is 41.1 Å². The first-order valence-electron chi connectivity index (χ1n) is 12.8. The van der Waals surface area contributed by atoms with Gasteiger partial charge in [-0.05, 0) is 59.2 Å². The molecule has 11 heteroatoms. The van der Waals surface area contributed by atoms with Crippen LogP contribution in [-0.4, -0.2) is 81.3 Å². The summed E-state index contributed by atoms with van der Waals surface area (Å²) in [4.78, 5) is 11.6. The third-order valence-corrected chi connectivity index (χ3v) is 5.88. The zero-order valence-electron chi connectivity index (χ0n) is 23.1. The molecule has 0 radical (unpaired) electrons. The fourth-order valence-corrected chi connectivity index (χ4v) is 4.01. The highest BCUT2D eigenvalue weighted by Crippen LogP contribution is 2.31. The second kappa shape index (κ2) is 12.6. The Bertz CT molecular complexity index is 1070. The number of hydrogen-bond donors (Lipinski definition) is 3. The minimum atomic E-state index is -1.62. The number of ether oxygens (including phenoxy) is 5. The molecule has 206 valence electrons. The first kappa shape index (κ1) is 27.2. The number of aliphatic hydroxyl groups is 3. The third-order valence-electron chi connectivity index (χ3n) is 5.88. The monoisotopic (exact) mass is 523 g/mol. The van der Waals surface area contributed by atoms with E-state index in [1.165, 1.54) is 0 Å². The summed E-state index contributed by atoms with van der Waals surface area (Å²) in [6.07, 6.45) is -8.87. The molecule has 0 spiro atoms. The molecule has 1 aliphatic rings. The van der Waals surface area contributed by atoms with E-state index >= 15 is 0 Å². The predicted molar refractivity (Wildman–Crippen MR) is 133 cm³/mol. The Morgan fingerprint density at radius 2 is 1.78 bits per heavy atom. The zero-order valence-corrected chi connectivity index (χ0v) is 22.1. The predicted octanol–water partition coefficient (Wildman–Crippen LogP) is 2.51. The van der Waals surface area contributed by atoms with Crippen molar-refractivity contribution in [1.29, 1.82) is 0 Å². The molecule has 0 unspecified atom stereocenters. The van der Waals surface area contributed by atoms with Gasteiger partial charge in [-0.25, -0.2) is 4.79 Å². The van der Waals surface area contributed by atoms with Crippen LogP contribution in [0.5, 0.6) is 11.6 Å². The van der Waals surface area contributed by atoms with Crippen molar-refractivity contribution in [2.24, 2.45) is 0 Å². The van der Waals surface area contributed by atoms with Crippen molar-refractivity contribution in [2.45, 2.75) is 90.8 Å². The van der Waals surface area contributed by atoms with Gasteiger partial charge in [0.1, 0.15) is 36.8 Å². The van der Waals surface area contributed by atoms with Gasteiger partial charge in [-0.2, -0.15) is 0 Å². The molecule has 1 aromatic carbocycles. The minimum absolute atomic E-state index is 0.0106. The zero-order chi connectivity index (χ0) is 28.2. The van der Waals surface area contributed by atoms with E-state index in [0.29, 0.717) is 12.2 Å². The highest BCUT2D eigenvalue weighted by molar-refractivity contribution is 5.59. The van der Waals surface area contributed by atoms with Gasteiger partial charge in [0.25, 0.3) is 0 Å². The van der Waals surface area contributed by atoms with E-state index < -0.39 is 49.5 Å². The Labute approximate surface area is 218 Å². The summed E-state index contributed by atoms with van der Waals surface area (Å²) in [5, 5.41) is 35.9. The van der Waals surface area contributed by atoms with Crippen molar-refractivity contribution in [2.75, 3.05) is 13.2 Å². The number of aliphatic hydroxyl groups excluding tert-OH is 3. The first-order valence-corrected chi connectivity index (χ1v) is 12.3. The largest absolute Gasteiger partial charge is 0.508 e. The average Bonchev–Trinajstić information content (AvgIpc) is 3.14. The highest BCUT2D eigenvalue weighted by atomic mass is 16.7. The molecule has 0 saturated carbocycles. The molecule has 5 atom stereocenters. The Kier molecular flexibility index (Phi) is 9.25. The van der Waals surface area contributed by atoms with Crippen LogP contribution in [0.1, 0.15) is 58.9 Å². The lowest BCUT2D eigenvalue weighted by molar-refractivity contribution is -0.278. The summed E-state index contributed by atoms with van der Waals surface area (Å²) in [5.41, 5.74) is 2.51. The normalized spacial score (nSPS) is 24.5. The second-order valence-corrected chi connectivity index (χ2v) is 9.37. The molecule has 0 amide bonds. The van der Waals surface area contributed by atoms with Crippen LogP contribution in [0.3, 0.4) is 0 Å². The topological polar surface area (TPSA) is 142 Å². The van der Waals surface area contributed by atoms with Crippen LogP contribution in [0.2, 0.25) is 0 Å². The molecular weight excluding hydrogens is 484 g/mol. The highest BCUT2D eigenvalue weighted by Gasteiger charge is 2.46. The molecule has 3 N–H and O–H groups in total. The molecule has 37 heavy (non-hydrogen) atoms. The summed E-state index contributed by atoms with van der Waals surface area (Å²) >= 11 is 0. The number of benzene rings is 1. The molecule has 1 aromatic heterocycles. The standard InChI is InChI=1S/C26H38N2O9/c1-7-33-26(32)34-13-20-21(29)22(30)23(31)25(36-20)37-24-19(16(6)28(27-24)14(2)3)12-17-8-10-18(11-9-17)35-15(4)5/h8-11,14-15,20-23,25,29-31H,7,12-13H2,1-6H3/t20-,21-,22+,23-,25+/m1/s1/i15D. The summed E-state index contributed by atoms with van der Waals surface area (Å²) in [6.45, 7) is 10.5. The van der Waals surface area contributed by atoms with Gasteiger partial charge in [-0.3, -0.25) is 4.68 Å². The van der Waals surface area contributed by atoms with Crippen molar-refractivity contribution in [1.82, 2.24) is 9.78 Å². The SMILES string of the molecule is [2H]C(C)(C)Oc1ccc(Cc2c(O[C@@H]3O[C@H](COC(=O)OCC)[C@@H](O)[C@H](O)[C@H]3O)nn(C(C)C)c2C)cc1. The number of nitrogens with zero attached hydrogens (tertiary/aromatic N) is 2. The van der Waals surface area contributed by atoms with Gasteiger partial charge < -0.3 is 39.0 Å². The molecule has 1 fully saturated rings. The smallest absolute Gasteiger partial charge is 0.491 e. The molecule has 2 aromatic rings. The Balaban J connectivity index is 1.82. The van der Waals surface area contributed by atoms with Gasteiger partial charge in [0, 0.05) is 23.7 Å². The summed E-state index contributed by atoms with van der Waals surface area (Å²) < 4.78 is 36.6. The maximum atomic E-state index is 11.6.